The average molecular weight is 523 g/mol. The van der Waals surface area contributed by atoms with Crippen LogP contribution in [0.15, 0.2) is 24.3 Å². The molecule has 0 saturated carbocycles. The van der Waals surface area contributed by atoms with E-state index >= 15 is 0 Å². The topological polar surface area (TPSA) is 13.0 Å². The summed E-state index contributed by atoms with van der Waals surface area (Å²) in [4.78, 5) is 11.5. The molecule has 0 bridgehead atoms. The summed E-state index contributed by atoms with van der Waals surface area (Å²) in [6, 6.07) is 10.00. The standard InChI is InChI=1S/C30H50N8/c1-35-14-6-31-10-18-37(20-12-33(8-16-35)29(37)27(31)35)23-25-4-3-5-26(22-25)24-38-19-11-32-7-15-36(2)17-9-34(13-21-38)30(38)28(32)36/h3-5,22,27-30H,6-21,23-24H2,1-2H3/q+4. The lowest BCUT2D eigenvalue weighted by molar-refractivity contribution is -1.03. The maximum Gasteiger partial charge on any atom is 0.214 e. The van der Waals surface area contributed by atoms with Crippen molar-refractivity contribution in [2.24, 2.45) is 0 Å². The Labute approximate surface area is 229 Å². The second kappa shape index (κ2) is 7.79. The van der Waals surface area contributed by atoms with Crippen LogP contribution in [0.5, 0.6) is 0 Å². The van der Waals surface area contributed by atoms with Crippen LogP contribution in [0.4, 0.5) is 0 Å². The van der Waals surface area contributed by atoms with E-state index in [2.05, 4.69) is 58.0 Å². The third-order valence-electron chi connectivity index (χ3n) is 13.3. The van der Waals surface area contributed by atoms with E-state index < -0.39 is 0 Å². The first-order chi connectivity index (χ1) is 18.4. The molecule has 1 aromatic rings. The Morgan fingerprint density at radius 1 is 0.526 bits per heavy atom. The summed E-state index contributed by atoms with van der Waals surface area (Å²) in [5, 5.41) is 0. The average Bonchev–Trinajstić information content (AvgIpc) is 3.64. The van der Waals surface area contributed by atoms with Crippen LogP contribution < -0.4 is 0 Å². The van der Waals surface area contributed by atoms with E-state index in [-0.39, 0.29) is 0 Å². The van der Waals surface area contributed by atoms with Crippen molar-refractivity contribution in [2.45, 2.75) is 37.8 Å². The van der Waals surface area contributed by atoms with E-state index in [0.29, 0.717) is 12.3 Å². The van der Waals surface area contributed by atoms with Crippen molar-refractivity contribution >= 4 is 0 Å². The molecule has 8 heterocycles. The minimum atomic E-state index is 0.704. The molecule has 0 spiro atoms. The smallest absolute Gasteiger partial charge is 0.214 e. The predicted octanol–water partition coefficient (Wildman–Crippen LogP) is -0.165. The number of quaternary nitrogens is 4. The summed E-state index contributed by atoms with van der Waals surface area (Å²) >= 11 is 0. The summed E-state index contributed by atoms with van der Waals surface area (Å²) in [7, 11) is 5.13. The zero-order chi connectivity index (χ0) is 25.3. The van der Waals surface area contributed by atoms with Gasteiger partial charge < -0.3 is 8.97 Å². The van der Waals surface area contributed by atoms with Crippen LogP contribution in [0, 0.1) is 0 Å². The fraction of sp³-hybridized carbons (Fsp3) is 0.800. The highest BCUT2D eigenvalue weighted by molar-refractivity contribution is 5.23. The van der Waals surface area contributed by atoms with E-state index in [1.54, 1.807) is 11.1 Å². The molecule has 0 aromatic heterocycles. The second-order valence-corrected chi connectivity index (χ2v) is 15.1. The van der Waals surface area contributed by atoms with Crippen LogP contribution >= 0.6 is 0 Å². The minimum Gasteiger partial charge on any atom is -0.303 e. The molecular weight excluding hydrogens is 472 g/mol. The van der Waals surface area contributed by atoms with Gasteiger partial charge in [-0.15, -0.1) is 0 Å². The Kier molecular flexibility index (Phi) is 4.84. The highest BCUT2D eigenvalue weighted by Gasteiger charge is 2.67. The number of likely N-dealkylation sites (N-methyl/N-ethyl adjacent to an activating group) is 2. The van der Waals surface area contributed by atoms with Gasteiger partial charge in [-0.1, -0.05) is 18.2 Å². The summed E-state index contributed by atoms with van der Waals surface area (Å²) < 4.78 is 5.24. The van der Waals surface area contributed by atoms with Crippen molar-refractivity contribution < 1.29 is 17.9 Å². The van der Waals surface area contributed by atoms with Crippen LogP contribution in [-0.2, 0) is 13.1 Å². The quantitative estimate of drug-likeness (QED) is 0.510. The highest BCUT2D eigenvalue weighted by atomic mass is 15.7. The Morgan fingerprint density at radius 3 is 1.26 bits per heavy atom. The first-order valence-corrected chi connectivity index (χ1v) is 15.8. The molecule has 0 radical (unpaired) electrons. The lowest BCUT2D eigenvalue weighted by atomic mass is 10.0. The summed E-state index contributed by atoms with van der Waals surface area (Å²) in [6.45, 7) is 23.7. The van der Waals surface area contributed by atoms with Gasteiger partial charge in [-0.05, 0) is 6.07 Å². The van der Waals surface area contributed by atoms with Gasteiger partial charge in [0.2, 0.25) is 24.7 Å². The van der Waals surface area contributed by atoms with E-state index in [0.717, 1.165) is 12.3 Å². The van der Waals surface area contributed by atoms with Crippen LogP contribution in [-0.4, -0.2) is 181 Å². The third-order valence-corrected chi connectivity index (χ3v) is 13.3. The molecule has 0 amide bonds. The molecule has 8 aliphatic heterocycles. The van der Waals surface area contributed by atoms with Gasteiger partial charge >= 0.3 is 0 Å². The third kappa shape index (κ3) is 3.04. The molecule has 8 atom stereocenters. The maximum atomic E-state index is 2.89. The molecule has 206 valence electrons. The molecular formula is C30H50N8+4. The molecule has 8 heteroatoms. The Balaban J connectivity index is 1.01. The Hall–Kier alpha value is -1.10. The molecule has 8 saturated heterocycles. The molecule has 1 aromatic carbocycles. The van der Waals surface area contributed by atoms with E-state index in [4.69, 9.17) is 0 Å². The minimum absolute atomic E-state index is 0.704. The van der Waals surface area contributed by atoms with Crippen molar-refractivity contribution in [3.05, 3.63) is 35.4 Å². The van der Waals surface area contributed by atoms with Gasteiger partial charge in [0.1, 0.15) is 13.1 Å². The maximum absolute atomic E-state index is 2.89. The highest BCUT2D eigenvalue weighted by Crippen LogP contribution is 2.45. The predicted molar refractivity (Wildman–Crippen MR) is 147 cm³/mol. The first kappa shape index (κ1) is 23.6. The van der Waals surface area contributed by atoms with Gasteiger partial charge in [0, 0.05) is 11.1 Å². The monoisotopic (exact) mass is 522 g/mol. The number of benzene rings is 1. The fourth-order valence-electron chi connectivity index (χ4n) is 11.3. The zero-order valence-corrected chi connectivity index (χ0v) is 23.9. The Morgan fingerprint density at radius 2 is 0.868 bits per heavy atom. The van der Waals surface area contributed by atoms with Gasteiger partial charge in [-0.2, -0.15) is 0 Å². The van der Waals surface area contributed by atoms with Crippen LogP contribution in [0.1, 0.15) is 11.1 Å². The number of piperazine rings is 4. The lowest BCUT2D eigenvalue weighted by Gasteiger charge is -2.55. The fourth-order valence-corrected chi connectivity index (χ4v) is 11.3. The van der Waals surface area contributed by atoms with Gasteiger partial charge in [0.25, 0.3) is 0 Å². The van der Waals surface area contributed by atoms with Crippen molar-refractivity contribution in [1.29, 1.82) is 0 Å². The van der Waals surface area contributed by atoms with Gasteiger partial charge in [0.15, 0.2) is 0 Å². The van der Waals surface area contributed by atoms with Crippen molar-refractivity contribution in [3.8, 4) is 0 Å². The second-order valence-electron chi connectivity index (χ2n) is 15.1. The summed E-state index contributed by atoms with van der Waals surface area (Å²) in [5.41, 5.74) is 3.21. The lowest BCUT2D eigenvalue weighted by Crippen LogP contribution is -2.77. The molecule has 0 aliphatic carbocycles. The van der Waals surface area contributed by atoms with Crippen molar-refractivity contribution in [1.82, 2.24) is 19.6 Å². The molecule has 0 N–H and O–H groups in total. The SMILES string of the molecule is C[N+]12CCN3CC[N+]4(Cc5cccc(C[N+]67CCN8CC[N+]9(C)CCN(CC6)C7C89)c5)CCN(CC1)C4C32. The Bertz CT molecular complexity index is 1060. The van der Waals surface area contributed by atoms with Gasteiger partial charge in [-0.3, -0.25) is 8.97 Å². The van der Waals surface area contributed by atoms with Gasteiger partial charge in [0.05, 0.1) is 119 Å². The number of hydrogen-bond donors (Lipinski definition) is 0. The summed E-state index contributed by atoms with van der Waals surface area (Å²) in [5.74, 6) is 0. The molecule has 8 nitrogen and oxygen atoms in total. The van der Waals surface area contributed by atoms with Crippen LogP contribution in [0.2, 0.25) is 0 Å². The molecule has 9 rings (SSSR count). The van der Waals surface area contributed by atoms with E-state index in [1.807, 2.05) is 0 Å². The summed E-state index contributed by atoms with van der Waals surface area (Å²) in [6.07, 6.45) is 2.85. The first-order valence-electron chi connectivity index (χ1n) is 15.8. The van der Waals surface area contributed by atoms with E-state index in [9.17, 15) is 0 Å². The van der Waals surface area contributed by atoms with Gasteiger partial charge in [-0.25, -0.2) is 19.6 Å². The number of hydrogen-bond acceptors (Lipinski definition) is 4. The largest absolute Gasteiger partial charge is 0.303 e. The molecule has 38 heavy (non-hydrogen) atoms. The molecule has 8 unspecified atom stereocenters. The van der Waals surface area contributed by atoms with Crippen LogP contribution in [0.25, 0.3) is 0 Å². The van der Waals surface area contributed by atoms with E-state index in [1.165, 1.54) is 136 Å². The zero-order valence-electron chi connectivity index (χ0n) is 23.9. The molecule has 8 aliphatic rings. The molecule has 8 fully saturated rings. The normalized spacial score (nSPS) is 49.9. The number of rotatable bonds is 4. The number of nitrogens with zero attached hydrogens (tertiary/aromatic N) is 8. The van der Waals surface area contributed by atoms with Crippen molar-refractivity contribution in [2.75, 3.05) is 119 Å². The van der Waals surface area contributed by atoms with Crippen molar-refractivity contribution in [3.63, 3.8) is 0 Å². The van der Waals surface area contributed by atoms with Crippen LogP contribution in [0.3, 0.4) is 0 Å².